The van der Waals surface area contributed by atoms with E-state index in [1.54, 1.807) is 0 Å². The number of benzene rings is 3. The quantitative estimate of drug-likeness (QED) is 0.572. The van der Waals surface area contributed by atoms with Crippen LogP contribution in [0.3, 0.4) is 0 Å². The maximum atomic E-state index is 4.64. The van der Waals surface area contributed by atoms with Gasteiger partial charge in [-0.2, -0.15) is 0 Å². The van der Waals surface area contributed by atoms with Crippen molar-refractivity contribution in [2.45, 2.75) is 13.8 Å². The van der Waals surface area contributed by atoms with Gasteiger partial charge in [0.25, 0.3) is 0 Å². The summed E-state index contributed by atoms with van der Waals surface area (Å²) < 4.78 is 0. The van der Waals surface area contributed by atoms with Crippen LogP contribution in [0.25, 0.3) is 22.2 Å². The van der Waals surface area contributed by atoms with E-state index in [-0.39, 0.29) is 0 Å². The van der Waals surface area contributed by atoms with Crippen LogP contribution < -0.4 is 5.32 Å². The molecule has 4 heteroatoms. The van der Waals surface area contributed by atoms with E-state index in [9.17, 15) is 0 Å². The van der Waals surface area contributed by atoms with Crippen LogP contribution in [0.1, 0.15) is 11.1 Å². The number of rotatable bonds is 3. The van der Waals surface area contributed by atoms with E-state index < -0.39 is 0 Å². The number of nitrogens with one attached hydrogen (secondary N) is 1. The highest BCUT2D eigenvalue weighted by Gasteiger charge is 2.09. The minimum atomic E-state index is 0.505. The van der Waals surface area contributed by atoms with Gasteiger partial charge in [0.2, 0.25) is 5.95 Å². The molecule has 3 aromatic carbocycles. The Hall–Kier alpha value is -3.27. The van der Waals surface area contributed by atoms with Gasteiger partial charge in [-0.1, -0.05) is 42.5 Å². The number of nitrogens with zero attached hydrogens (tertiary/aromatic N) is 3. The van der Waals surface area contributed by atoms with E-state index in [0.717, 1.165) is 27.8 Å². The van der Waals surface area contributed by atoms with Gasteiger partial charge in [-0.15, -0.1) is 10.2 Å². The summed E-state index contributed by atoms with van der Waals surface area (Å²) in [5.74, 6) is 0.505. The maximum absolute atomic E-state index is 4.64. The van der Waals surface area contributed by atoms with Gasteiger partial charge in [0.15, 0.2) is 0 Å². The smallest absolute Gasteiger partial charge is 0.247 e. The standard InChI is InChI=1S/C21H18N4/c1-14-8-6-7-11-18(14)16-12-15(2)20-19(13-16)24-25-21(23-20)22-17-9-4-3-5-10-17/h3-13H,1-2H3,(H,22,23,25). The van der Waals surface area contributed by atoms with Crippen molar-refractivity contribution >= 4 is 22.7 Å². The van der Waals surface area contributed by atoms with Crippen LogP contribution in [0.15, 0.2) is 66.7 Å². The van der Waals surface area contributed by atoms with Gasteiger partial charge in [-0.3, -0.25) is 0 Å². The normalized spacial score (nSPS) is 10.8. The van der Waals surface area contributed by atoms with Crippen molar-refractivity contribution in [1.82, 2.24) is 15.2 Å². The lowest BCUT2D eigenvalue weighted by molar-refractivity contribution is 1.03. The minimum absolute atomic E-state index is 0.505. The van der Waals surface area contributed by atoms with Crippen molar-refractivity contribution < 1.29 is 0 Å². The number of aromatic nitrogens is 3. The van der Waals surface area contributed by atoms with Gasteiger partial charge >= 0.3 is 0 Å². The second-order valence-corrected chi connectivity index (χ2v) is 6.10. The van der Waals surface area contributed by atoms with Crippen molar-refractivity contribution in [3.8, 4) is 11.1 Å². The van der Waals surface area contributed by atoms with E-state index in [4.69, 9.17) is 0 Å². The molecule has 122 valence electrons. The third-order valence-electron chi connectivity index (χ3n) is 4.24. The summed E-state index contributed by atoms with van der Waals surface area (Å²) >= 11 is 0. The number of para-hydroxylation sites is 1. The average molecular weight is 326 g/mol. The summed E-state index contributed by atoms with van der Waals surface area (Å²) in [6.45, 7) is 4.18. The van der Waals surface area contributed by atoms with Crippen molar-refractivity contribution in [3.05, 3.63) is 77.9 Å². The molecule has 0 bridgehead atoms. The topological polar surface area (TPSA) is 50.7 Å². The Labute approximate surface area is 146 Å². The molecule has 1 N–H and O–H groups in total. The highest BCUT2D eigenvalue weighted by Crippen LogP contribution is 2.28. The maximum Gasteiger partial charge on any atom is 0.247 e. The Kier molecular flexibility index (Phi) is 3.86. The Morgan fingerprint density at radius 2 is 1.52 bits per heavy atom. The largest absolute Gasteiger partial charge is 0.323 e. The zero-order valence-corrected chi connectivity index (χ0v) is 14.2. The molecule has 0 spiro atoms. The van der Waals surface area contributed by atoms with Crippen molar-refractivity contribution in [1.29, 1.82) is 0 Å². The first-order valence-corrected chi connectivity index (χ1v) is 8.24. The Morgan fingerprint density at radius 3 is 2.32 bits per heavy atom. The summed E-state index contributed by atoms with van der Waals surface area (Å²) in [7, 11) is 0. The third kappa shape index (κ3) is 3.06. The molecule has 4 aromatic rings. The first kappa shape index (κ1) is 15.3. The number of fused-ring (bicyclic) bond motifs is 1. The fourth-order valence-corrected chi connectivity index (χ4v) is 2.97. The zero-order chi connectivity index (χ0) is 17.2. The van der Waals surface area contributed by atoms with Crippen molar-refractivity contribution in [3.63, 3.8) is 0 Å². The SMILES string of the molecule is Cc1ccccc1-c1cc(C)c2nc(Nc3ccccc3)nnc2c1. The summed E-state index contributed by atoms with van der Waals surface area (Å²) in [5, 5.41) is 11.8. The third-order valence-corrected chi connectivity index (χ3v) is 4.24. The fourth-order valence-electron chi connectivity index (χ4n) is 2.97. The van der Waals surface area contributed by atoms with Gasteiger partial charge in [-0.25, -0.2) is 4.98 Å². The first-order valence-electron chi connectivity index (χ1n) is 8.24. The van der Waals surface area contributed by atoms with Crippen molar-refractivity contribution in [2.75, 3.05) is 5.32 Å². The van der Waals surface area contributed by atoms with E-state index in [0.29, 0.717) is 5.95 Å². The Balaban J connectivity index is 1.76. The fraction of sp³-hybridized carbons (Fsp3) is 0.0952. The second kappa shape index (κ2) is 6.32. The Bertz CT molecular complexity index is 1040. The molecule has 0 aliphatic carbocycles. The molecule has 4 nitrogen and oxygen atoms in total. The van der Waals surface area contributed by atoms with Crippen molar-refractivity contribution in [2.24, 2.45) is 0 Å². The summed E-state index contributed by atoms with van der Waals surface area (Å²) in [4.78, 5) is 4.64. The van der Waals surface area contributed by atoms with Crippen LogP contribution >= 0.6 is 0 Å². The molecule has 0 saturated carbocycles. The Morgan fingerprint density at radius 1 is 0.760 bits per heavy atom. The van der Waals surface area contributed by atoms with Crippen LogP contribution in [0, 0.1) is 13.8 Å². The lowest BCUT2D eigenvalue weighted by Gasteiger charge is -2.10. The van der Waals surface area contributed by atoms with Crippen LogP contribution in [0.5, 0.6) is 0 Å². The highest BCUT2D eigenvalue weighted by atomic mass is 15.2. The number of hydrogen-bond acceptors (Lipinski definition) is 4. The van der Waals surface area contributed by atoms with E-state index in [1.807, 2.05) is 30.3 Å². The van der Waals surface area contributed by atoms with Gasteiger partial charge in [0, 0.05) is 5.69 Å². The van der Waals surface area contributed by atoms with E-state index in [1.165, 1.54) is 11.1 Å². The van der Waals surface area contributed by atoms with E-state index in [2.05, 4.69) is 70.7 Å². The average Bonchev–Trinajstić information content (AvgIpc) is 2.63. The summed E-state index contributed by atoms with van der Waals surface area (Å²) in [6, 6.07) is 22.4. The van der Waals surface area contributed by atoms with Gasteiger partial charge < -0.3 is 5.32 Å². The number of aryl methyl sites for hydroxylation is 2. The van der Waals surface area contributed by atoms with Gasteiger partial charge in [0.1, 0.15) is 5.52 Å². The number of anilines is 2. The van der Waals surface area contributed by atoms with Gasteiger partial charge in [-0.05, 0) is 60.4 Å². The highest BCUT2D eigenvalue weighted by molar-refractivity contribution is 5.85. The molecular formula is C21H18N4. The van der Waals surface area contributed by atoms with Gasteiger partial charge in [0.05, 0.1) is 5.52 Å². The lowest BCUT2D eigenvalue weighted by atomic mass is 9.98. The molecule has 0 unspecified atom stereocenters. The predicted molar refractivity (Wildman–Crippen MR) is 102 cm³/mol. The zero-order valence-electron chi connectivity index (χ0n) is 14.2. The molecule has 4 rings (SSSR count). The summed E-state index contributed by atoms with van der Waals surface area (Å²) in [5.41, 5.74) is 7.29. The molecular weight excluding hydrogens is 308 g/mol. The summed E-state index contributed by atoms with van der Waals surface area (Å²) in [6.07, 6.45) is 0. The minimum Gasteiger partial charge on any atom is -0.323 e. The predicted octanol–water partition coefficient (Wildman–Crippen LogP) is 5.05. The molecule has 1 aromatic heterocycles. The molecule has 0 amide bonds. The molecule has 25 heavy (non-hydrogen) atoms. The van der Waals surface area contributed by atoms with Crippen LogP contribution in [0.2, 0.25) is 0 Å². The lowest BCUT2D eigenvalue weighted by Crippen LogP contribution is -2.00. The van der Waals surface area contributed by atoms with Crippen LogP contribution in [-0.4, -0.2) is 15.2 Å². The molecule has 0 aliphatic heterocycles. The first-order chi connectivity index (χ1) is 12.2. The molecule has 0 saturated heterocycles. The van der Waals surface area contributed by atoms with Crippen LogP contribution in [0.4, 0.5) is 11.6 Å². The molecule has 0 aliphatic rings. The van der Waals surface area contributed by atoms with E-state index >= 15 is 0 Å². The molecule has 1 heterocycles. The van der Waals surface area contributed by atoms with Crippen LogP contribution in [-0.2, 0) is 0 Å². The molecule has 0 atom stereocenters. The number of hydrogen-bond donors (Lipinski definition) is 1. The second-order valence-electron chi connectivity index (χ2n) is 6.10. The molecule has 0 fully saturated rings. The molecule has 0 radical (unpaired) electrons. The monoisotopic (exact) mass is 326 g/mol.